The van der Waals surface area contributed by atoms with E-state index in [-0.39, 0.29) is 30.4 Å². The smallest absolute Gasteiger partial charge is 1.00 e. The molecule has 0 saturated heterocycles. The van der Waals surface area contributed by atoms with Crippen molar-refractivity contribution in [2.75, 3.05) is 0 Å². The van der Waals surface area contributed by atoms with Crippen molar-refractivity contribution >= 4 is 27.8 Å². The van der Waals surface area contributed by atoms with Crippen molar-refractivity contribution < 1.29 is 58.5 Å². The maximum atomic E-state index is 6.46. The van der Waals surface area contributed by atoms with Crippen LogP contribution in [-0.4, -0.2) is 33.4 Å². The Balaban J connectivity index is 0. The third kappa shape index (κ3) is 5.53. The molecule has 121 valence electrons. The first kappa shape index (κ1) is 24.2. The van der Waals surface area contributed by atoms with Gasteiger partial charge in [0.15, 0.2) is 0 Å². The Bertz CT molecular complexity index is 394. The normalized spacial score (nSPS) is 23.1. The molecule has 3 nitrogen and oxygen atoms in total. The molecule has 0 bridgehead atoms. The molecule has 0 saturated carbocycles. The summed E-state index contributed by atoms with van der Waals surface area (Å²) in [6, 6.07) is 0. The summed E-state index contributed by atoms with van der Waals surface area (Å²) in [4.78, 5) is 0. The van der Waals surface area contributed by atoms with Crippen LogP contribution in [0.4, 0.5) is 0 Å². The van der Waals surface area contributed by atoms with Crippen molar-refractivity contribution in [3.8, 4) is 0 Å². The van der Waals surface area contributed by atoms with Gasteiger partial charge in [-0.25, -0.2) is 0 Å². The largest absolute Gasteiger partial charge is 1.00 e. The summed E-state index contributed by atoms with van der Waals surface area (Å²) in [6.45, 7) is 15.2. The fourth-order valence-electron chi connectivity index (χ4n) is 2.24. The van der Waals surface area contributed by atoms with Crippen molar-refractivity contribution in [1.82, 2.24) is 0 Å². The molecule has 0 fully saturated rings. The molecule has 0 N–H and O–H groups in total. The van der Waals surface area contributed by atoms with Crippen LogP contribution < -0.4 is 24.8 Å². The Hall–Kier alpha value is 0.985. The number of hydrogen-bond acceptors (Lipinski definition) is 3. The fourth-order valence-corrected chi connectivity index (χ4v) is 5.97. The van der Waals surface area contributed by atoms with Crippen LogP contribution in [0.25, 0.3) is 0 Å². The third-order valence-corrected chi connectivity index (χ3v) is 6.33. The molecule has 1 unspecified atom stereocenters. The van der Waals surface area contributed by atoms with Crippen molar-refractivity contribution in [1.29, 1.82) is 0 Å². The van der Waals surface area contributed by atoms with Gasteiger partial charge in [-0.3, -0.25) is 0 Å². The minimum Gasteiger partial charge on any atom is -1.00 e. The second-order valence-electron chi connectivity index (χ2n) is 5.77. The van der Waals surface area contributed by atoms with Crippen LogP contribution in [0, 0.1) is 0 Å². The zero-order valence-corrected chi connectivity index (χ0v) is 20.8. The summed E-state index contributed by atoms with van der Waals surface area (Å²) < 4.78 is 19.5. The quantitative estimate of drug-likeness (QED) is 0.410. The molecule has 0 aromatic rings. The standard InChI is InChI=1S/C12H25O3Si3.2ClH.Ti/c1-9-11(14-17-4)10(13-16-3)8-12(9,2)15-18(5,6)7;;;/h16-17H2,1-7H3;2*1H;/q;;;+2/p-2. The van der Waals surface area contributed by atoms with Crippen LogP contribution in [-0.2, 0) is 33.7 Å². The Morgan fingerprint density at radius 2 is 1.43 bits per heavy atom. The minimum absolute atomic E-state index is 0. The van der Waals surface area contributed by atoms with E-state index < -0.39 is 27.8 Å². The Morgan fingerprint density at radius 3 is 1.81 bits per heavy atom. The topological polar surface area (TPSA) is 27.7 Å². The molecular weight excluding hydrogens is 395 g/mol. The van der Waals surface area contributed by atoms with Crippen molar-refractivity contribution in [2.24, 2.45) is 0 Å². The van der Waals surface area contributed by atoms with E-state index in [0.717, 1.165) is 11.5 Å². The molecule has 9 heteroatoms. The van der Waals surface area contributed by atoms with Crippen LogP contribution in [0.1, 0.15) is 13.8 Å². The van der Waals surface area contributed by atoms with E-state index in [4.69, 9.17) is 13.3 Å². The summed E-state index contributed by atoms with van der Waals surface area (Å²) in [6.07, 6.45) is 0. The van der Waals surface area contributed by atoms with Crippen LogP contribution in [0.15, 0.2) is 21.0 Å². The van der Waals surface area contributed by atoms with Crippen LogP contribution >= 0.6 is 0 Å². The summed E-state index contributed by atoms with van der Waals surface area (Å²) in [7, 11) is -2.66. The summed E-state index contributed by atoms with van der Waals surface area (Å²) >= 11 is 2.12. The maximum Gasteiger partial charge on any atom is -1.00 e. The molecule has 0 heterocycles. The Morgan fingerprint density at radius 1 is 1.00 bits per heavy atom. The molecule has 1 aliphatic carbocycles. The molecule has 0 aromatic heterocycles. The molecule has 0 spiro atoms. The predicted octanol–water partition coefficient (Wildman–Crippen LogP) is -4.05. The van der Waals surface area contributed by atoms with Gasteiger partial charge in [-0.2, -0.15) is 0 Å². The summed E-state index contributed by atoms with van der Waals surface area (Å²) in [5, 5.41) is 0. The van der Waals surface area contributed by atoms with Gasteiger partial charge in [0.25, 0.3) is 0 Å². The van der Waals surface area contributed by atoms with E-state index in [2.05, 4.69) is 67.0 Å². The van der Waals surface area contributed by atoms with E-state index in [9.17, 15) is 0 Å². The molecule has 1 aliphatic rings. The third-order valence-electron chi connectivity index (χ3n) is 3.05. The van der Waals surface area contributed by atoms with Crippen LogP contribution in [0.3, 0.4) is 0 Å². The average Bonchev–Trinajstić information content (AvgIpc) is 2.43. The second-order valence-corrected chi connectivity index (χ2v) is 12.7. The zero-order chi connectivity index (χ0) is 14.8. The average molecular weight is 420 g/mol. The number of hydrogen-bond donors (Lipinski definition) is 0. The van der Waals surface area contributed by atoms with Gasteiger partial charge in [0.05, 0.1) is 0 Å². The first-order valence-electron chi connectivity index (χ1n) is 6.81. The molecule has 1 rings (SSSR count). The van der Waals surface area contributed by atoms with Gasteiger partial charge in [-0.05, 0) is 0 Å². The molecular formula is C12H25Cl2O3Si3Ti. The minimum atomic E-state index is -1.64. The molecule has 0 radical (unpaired) electrons. The fraction of sp³-hybridized carbons (Fsp3) is 0.667. The Kier molecular flexibility index (Phi) is 10.8. The van der Waals surface area contributed by atoms with Crippen molar-refractivity contribution in [3.63, 3.8) is 0 Å². The molecule has 21 heavy (non-hydrogen) atoms. The first-order valence-corrected chi connectivity index (χ1v) is 15.0. The van der Waals surface area contributed by atoms with E-state index in [1.54, 1.807) is 0 Å². The number of rotatable bonds is 6. The van der Waals surface area contributed by atoms with Gasteiger partial charge in [-0.1, -0.05) is 0 Å². The van der Waals surface area contributed by atoms with Crippen molar-refractivity contribution in [2.45, 2.75) is 52.2 Å². The van der Waals surface area contributed by atoms with E-state index >= 15 is 0 Å². The van der Waals surface area contributed by atoms with Gasteiger partial charge in [-0.15, -0.1) is 0 Å². The first-order chi connectivity index (χ1) is 8.67. The zero-order valence-electron chi connectivity index (χ0n) is 13.9. The predicted molar refractivity (Wildman–Crippen MR) is 83.5 cm³/mol. The van der Waals surface area contributed by atoms with Gasteiger partial charge in [0.2, 0.25) is 0 Å². The molecule has 0 aliphatic heterocycles. The monoisotopic (exact) mass is 419 g/mol. The summed E-state index contributed by atoms with van der Waals surface area (Å²) in [5.74, 6) is 1.92. The van der Waals surface area contributed by atoms with Crippen LogP contribution in [0.5, 0.6) is 0 Å². The molecule has 1 atom stereocenters. The summed E-state index contributed by atoms with van der Waals surface area (Å²) in [5.41, 5.74) is 0.835. The van der Waals surface area contributed by atoms with Crippen LogP contribution in [0.2, 0.25) is 32.7 Å². The Labute approximate surface area is 158 Å². The number of halogens is 2. The van der Waals surface area contributed by atoms with Crippen molar-refractivity contribution in [3.05, 3.63) is 21.0 Å². The SMILES string of the molecule is C[SiH2]OC1=C(C)C(C)(O[Si](C)(C)C)[C]([Ti+2])=C1O[SiH2]C.[Cl-].[Cl-]. The molecule has 0 amide bonds. The van der Waals surface area contributed by atoms with Gasteiger partial charge >= 0.3 is 135 Å². The van der Waals surface area contributed by atoms with Gasteiger partial charge in [0.1, 0.15) is 0 Å². The van der Waals surface area contributed by atoms with E-state index in [1.807, 2.05) is 0 Å². The second kappa shape index (κ2) is 9.32. The maximum absolute atomic E-state index is 6.46. The molecule has 0 aromatic carbocycles. The van der Waals surface area contributed by atoms with E-state index in [0.29, 0.717) is 0 Å². The van der Waals surface area contributed by atoms with Gasteiger partial charge < -0.3 is 24.8 Å². The van der Waals surface area contributed by atoms with Gasteiger partial charge in [0, 0.05) is 0 Å². The van der Waals surface area contributed by atoms with E-state index in [1.165, 1.54) is 9.45 Å².